The molecule has 1 aromatic rings. The van der Waals surface area contributed by atoms with E-state index in [4.69, 9.17) is 0 Å². The number of nitrogens with zero attached hydrogens (tertiary/aromatic N) is 2. The zero-order valence-corrected chi connectivity index (χ0v) is 11.8. The molecule has 1 atom stereocenters. The molecule has 0 N–H and O–H groups in total. The first kappa shape index (κ1) is 12.6. The third kappa shape index (κ3) is 1.70. The number of Topliss-reactive ketones (excluding diaryl/α,β-unsaturated/α-hetero) is 1. The van der Waals surface area contributed by atoms with Gasteiger partial charge in [-0.2, -0.15) is 12.7 Å². The molecule has 102 valence electrons. The Hall–Kier alpha value is -1.40. The van der Waals surface area contributed by atoms with E-state index >= 15 is 0 Å². The van der Waals surface area contributed by atoms with Gasteiger partial charge < -0.3 is 0 Å². The third-order valence-corrected chi connectivity index (χ3v) is 5.73. The highest BCUT2D eigenvalue weighted by molar-refractivity contribution is 7.90. The fraction of sp³-hybridized carbons (Fsp3) is 0.462. The molecule has 0 spiro atoms. The summed E-state index contributed by atoms with van der Waals surface area (Å²) >= 11 is 0. The van der Waals surface area contributed by atoms with Crippen molar-refractivity contribution in [3.8, 4) is 0 Å². The fourth-order valence-corrected chi connectivity index (χ4v) is 4.09. The smallest absolute Gasteiger partial charge is 0.294 e. The second-order valence-electron chi connectivity index (χ2n) is 5.22. The molecule has 0 aromatic heterocycles. The highest BCUT2D eigenvalue weighted by Gasteiger charge is 2.40. The number of carbonyl (C=O) groups excluding carboxylic acids is 1. The Labute approximate surface area is 113 Å². The first-order valence-electron chi connectivity index (χ1n) is 6.29. The summed E-state index contributed by atoms with van der Waals surface area (Å²) < 4.78 is 27.3. The zero-order chi connectivity index (χ0) is 13.8. The normalized spacial score (nSPS) is 21.9. The lowest BCUT2D eigenvalue weighted by Gasteiger charge is -2.23. The summed E-state index contributed by atoms with van der Waals surface area (Å²) in [6.07, 6.45) is 1.25. The fourth-order valence-electron chi connectivity index (χ4n) is 2.92. The molecule has 0 fully saturated rings. The van der Waals surface area contributed by atoms with E-state index in [-0.39, 0.29) is 11.7 Å². The van der Waals surface area contributed by atoms with Crippen LogP contribution >= 0.6 is 0 Å². The molecule has 0 saturated carbocycles. The molecule has 3 rings (SSSR count). The van der Waals surface area contributed by atoms with E-state index in [0.717, 1.165) is 12.0 Å². The number of anilines is 1. The van der Waals surface area contributed by atoms with Crippen molar-refractivity contribution in [2.75, 3.05) is 24.9 Å². The average molecular weight is 280 g/mol. The van der Waals surface area contributed by atoms with Gasteiger partial charge in [0.05, 0.1) is 5.69 Å². The molecule has 0 unspecified atom stereocenters. The van der Waals surface area contributed by atoms with E-state index in [1.165, 1.54) is 22.7 Å². The van der Waals surface area contributed by atoms with E-state index in [2.05, 4.69) is 0 Å². The Morgan fingerprint density at radius 1 is 1.32 bits per heavy atom. The van der Waals surface area contributed by atoms with Crippen LogP contribution < -0.4 is 4.31 Å². The predicted octanol–water partition coefficient (Wildman–Crippen LogP) is 1.37. The monoisotopic (exact) mass is 280 g/mol. The number of benzene rings is 1. The number of hydrogen-bond acceptors (Lipinski definition) is 3. The Morgan fingerprint density at radius 2 is 2.05 bits per heavy atom. The number of hydrogen-bond donors (Lipinski definition) is 0. The van der Waals surface area contributed by atoms with Gasteiger partial charge in [0.1, 0.15) is 0 Å². The first-order valence-corrected chi connectivity index (χ1v) is 7.69. The molecule has 19 heavy (non-hydrogen) atoms. The summed E-state index contributed by atoms with van der Waals surface area (Å²) in [4.78, 5) is 11.9. The van der Waals surface area contributed by atoms with Crippen LogP contribution in [0.2, 0.25) is 0 Å². The van der Waals surface area contributed by atoms with E-state index in [1.54, 1.807) is 18.2 Å². The van der Waals surface area contributed by atoms with E-state index < -0.39 is 10.2 Å². The van der Waals surface area contributed by atoms with Crippen molar-refractivity contribution in [3.05, 3.63) is 29.3 Å². The van der Waals surface area contributed by atoms with Crippen LogP contribution in [0.15, 0.2) is 18.2 Å². The molecule has 1 aromatic carbocycles. The van der Waals surface area contributed by atoms with Gasteiger partial charge in [-0.05, 0) is 18.1 Å². The summed E-state index contributed by atoms with van der Waals surface area (Å²) in [5.74, 6) is 0.274. The quantitative estimate of drug-likeness (QED) is 0.822. The van der Waals surface area contributed by atoms with Crippen LogP contribution in [0.3, 0.4) is 0 Å². The van der Waals surface area contributed by atoms with Gasteiger partial charge in [0, 0.05) is 38.5 Å². The predicted molar refractivity (Wildman–Crippen MR) is 72.7 cm³/mol. The Morgan fingerprint density at radius 3 is 2.74 bits per heavy atom. The highest BCUT2D eigenvalue weighted by Crippen LogP contribution is 2.45. The molecule has 0 amide bonds. The van der Waals surface area contributed by atoms with E-state index in [9.17, 15) is 13.2 Å². The molecule has 6 heteroatoms. The summed E-state index contributed by atoms with van der Waals surface area (Å²) in [5.41, 5.74) is 2.29. The lowest BCUT2D eigenvalue weighted by Crippen LogP contribution is -2.39. The van der Waals surface area contributed by atoms with Crippen molar-refractivity contribution in [1.82, 2.24) is 4.31 Å². The largest absolute Gasteiger partial charge is 0.303 e. The lowest BCUT2D eigenvalue weighted by molar-refractivity contribution is 0.0968. The summed E-state index contributed by atoms with van der Waals surface area (Å²) in [5, 5.41) is 0. The van der Waals surface area contributed by atoms with Crippen molar-refractivity contribution < 1.29 is 13.2 Å². The van der Waals surface area contributed by atoms with Gasteiger partial charge in [0.25, 0.3) is 0 Å². The SMILES string of the molecule is CN(C)S(=O)(=O)N1C[C@H]2CCC(=O)c3cccc1c32. The van der Waals surface area contributed by atoms with Crippen LogP contribution in [-0.4, -0.2) is 39.1 Å². The van der Waals surface area contributed by atoms with Crippen LogP contribution in [0.25, 0.3) is 0 Å². The van der Waals surface area contributed by atoms with Gasteiger partial charge in [-0.15, -0.1) is 0 Å². The maximum Gasteiger partial charge on any atom is 0.303 e. The lowest BCUT2D eigenvalue weighted by atomic mass is 9.83. The number of ketones is 1. The first-order chi connectivity index (χ1) is 8.93. The maximum atomic E-state index is 12.3. The Balaban J connectivity index is 2.17. The number of carbonyl (C=O) groups is 1. The van der Waals surface area contributed by atoms with Crippen LogP contribution in [0.4, 0.5) is 5.69 Å². The summed E-state index contributed by atoms with van der Waals surface area (Å²) in [6.45, 7) is 0.445. The highest BCUT2D eigenvalue weighted by atomic mass is 32.2. The molecular weight excluding hydrogens is 264 g/mol. The standard InChI is InChI=1S/C13H16N2O3S/c1-14(2)19(17,18)15-8-9-6-7-12(16)10-4-3-5-11(15)13(9)10/h3-5,9H,6-8H2,1-2H3/t9-/m1/s1. The third-order valence-electron chi connectivity index (χ3n) is 3.91. The van der Waals surface area contributed by atoms with Crippen LogP contribution in [0.5, 0.6) is 0 Å². The van der Waals surface area contributed by atoms with Crippen molar-refractivity contribution >= 4 is 21.7 Å². The molecule has 0 saturated heterocycles. The average Bonchev–Trinajstić information content (AvgIpc) is 2.75. The van der Waals surface area contributed by atoms with Crippen LogP contribution in [-0.2, 0) is 10.2 Å². The van der Waals surface area contributed by atoms with Gasteiger partial charge in [-0.1, -0.05) is 12.1 Å². The van der Waals surface area contributed by atoms with E-state index in [1.807, 2.05) is 0 Å². The van der Waals surface area contributed by atoms with Crippen molar-refractivity contribution in [2.45, 2.75) is 18.8 Å². The minimum atomic E-state index is -3.48. The molecule has 2 aliphatic rings. The second-order valence-corrected chi connectivity index (χ2v) is 7.29. The Kier molecular flexibility index (Phi) is 2.69. The van der Waals surface area contributed by atoms with Gasteiger partial charge in [-0.25, -0.2) is 0 Å². The molecule has 1 heterocycles. The maximum absolute atomic E-state index is 12.3. The summed E-state index contributed by atoms with van der Waals surface area (Å²) in [7, 11) is -0.435. The van der Waals surface area contributed by atoms with E-state index in [0.29, 0.717) is 24.2 Å². The molecule has 1 aliphatic carbocycles. The van der Waals surface area contributed by atoms with Crippen LogP contribution in [0, 0.1) is 0 Å². The van der Waals surface area contributed by atoms with Gasteiger partial charge in [0.2, 0.25) is 0 Å². The van der Waals surface area contributed by atoms with Crippen molar-refractivity contribution in [1.29, 1.82) is 0 Å². The Bertz CT molecular complexity index is 652. The summed E-state index contributed by atoms with van der Waals surface area (Å²) in [6, 6.07) is 5.36. The molecule has 0 radical (unpaired) electrons. The van der Waals surface area contributed by atoms with Gasteiger partial charge in [-0.3, -0.25) is 9.10 Å². The molecular formula is C13H16N2O3S. The van der Waals surface area contributed by atoms with Gasteiger partial charge >= 0.3 is 10.2 Å². The van der Waals surface area contributed by atoms with Crippen molar-refractivity contribution in [3.63, 3.8) is 0 Å². The van der Waals surface area contributed by atoms with Crippen LogP contribution in [0.1, 0.15) is 34.7 Å². The zero-order valence-electron chi connectivity index (χ0n) is 11.0. The molecule has 0 bridgehead atoms. The van der Waals surface area contributed by atoms with Gasteiger partial charge in [0.15, 0.2) is 5.78 Å². The number of rotatable bonds is 2. The minimum Gasteiger partial charge on any atom is -0.294 e. The second kappa shape index (κ2) is 4.05. The molecule has 1 aliphatic heterocycles. The van der Waals surface area contributed by atoms with Crippen molar-refractivity contribution in [2.24, 2.45) is 0 Å². The minimum absolute atomic E-state index is 0.122. The topological polar surface area (TPSA) is 57.7 Å². The molecule has 5 nitrogen and oxygen atoms in total.